The summed E-state index contributed by atoms with van der Waals surface area (Å²) >= 11 is 5.86. The van der Waals surface area contributed by atoms with Gasteiger partial charge in [-0.3, -0.25) is 0 Å². The van der Waals surface area contributed by atoms with Gasteiger partial charge in [0.1, 0.15) is 0 Å². The van der Waals surface area contributed by atoms with Crippen LogP contribution >= 0.6 is 27.3 Å². The zero-order valence-electron chi connectivity index (χ0n) is 54.4. The summed E-state index contributed by atoms with van der Waals surface area (Å²) < 4.78 is 48.1. The second kappa shape index (κ2) is 21.3. The minimum atomic E-state index is -0.437. The number of nitrogens with zero attached hydrogens (tertiary/aromatic N) is 3. The highest BCUT2D eigenvalue weighted by molar-refractivity contribution is 9.10. The highest BCUT2D eigenvalue weighted by Gasteiger charge is 2.38. The molecule has 81 heavy (non-hydrogen) atoms. The minimum Gasteiger partial charge on any atom is -0.310 e. The minimum absolute atomic E-state index is 0.0287. The van der Waals surface area contributed by atoms with Crippen molar-refractivity contribution in [1.82, 2.24) is 0 Å². The van der Waals surface area contributed by atoms with Crippen molar-refractivity contribution < 1.29 is 6.85 Å². The van der Waals surface area contributed by atoms with Gasteiger partial charge in [-0.15, -0.1) is 11.3 Å². The lowest BCUT2D eigenvalue weighted by Gasteiger charge is -2.42. The van der Waals surface area contributed by atoms with Crippen LogP contribution in [0.4, 0.5) is 51.2 Å². The van der Waals surface area contributed by atoms with Gasteiger partial charge in [-0.1, -0.05) is 205 Å². The fourth-order valence-electron chi connectivity index (χ4n) is 11.6. The number of halogens is 1. The normalized spacial score (nSPS) is 15.0. The second-order valence-corrected chi connectivity index (χ2v) is 28.2. The van der Waals surface area contributed by atoms with Gasteiger partial charge in [-0.25, -0.2) is 0 Å². The van der Waals surface area contributed by atoms with E-state index in [1.54, 1.807) is 11.3 Å². The summed E-state index contributed by atoms with van der Waals surface area (Å²) in [6, 6.07) is 61.6. The molecule has 0 spiro atoms. The van der Waals surface area contributed by atoms with Crippen LogP contribution in [0, 0.1) is 0 Å². The summed E-state index contributed by atoms with van der Waals surface area (Å²) in [5.41, 5.74) is 16.6. The largest absolute Gasteiger partial charge is 0.310 e. The van der Waals surface area contributed by atoms with Gasteiger partial charge in [0.05, 0.1) is 23.9 Å². The van der Waals surface area contributed by atoms with E-state index >= 15 is 0 Å². The van der Waals surface area contributed by atoms with Crippen molar-refractivity contribution in [2.24, 2.45) is 0 Å². The molecule has 0 radical (unpaired) electrons. The van der Waals surface area contributed by atoms with Crippen LogP contribution in [-0.4, -0.2) is 0 Å². The Balaban J connectivity index is 1.24. The van der Waals surface area contributed by atoms with Crippen LogP contribution in [-0.2, 0) is 27.1 Å². The molecular weight excluding hydrogens is 1070 g/mol. The predicted molar refractivity (Wildman–Crippen MR) is 356 cm³/mol. The maximum Gasteiger partial charge on any atom is 0.0647 e. The molecule has 0 saturated heterocycles. The van der Waals surface area contributed by atoms with E-state index in [0.717, 1.165) is 89.7 Å². The molecule has 3 nitrogen and oxygen atoms in total. The zero-order valence-corrected chi connectivity index (χ0v) is 51.8. The Hall–Kier alpha value is -7.18. The van der Waals surface area contributed by atoms with Crippen LogP contribution in [0.25, 0.3) is 32.3 Å². The fraction of sp³-hybridized carbons (Fsp3) is 0.263. The van der Waals surface area contributed by atoms with Crippen LogP contribution in [0.1, 0.15) is 138 Å². The lowest BCUT2D eigenvalue weighted by Crippen LogP contribution is -2.34. The van der Waals surface area contributed by atoms with Crippen molar-refractivity contribution in [1.29, 1.82) is 0 Å². The standard InChI is InChI=1S/C76H78BrN3S/c1-72(2,3)54-28-33-57(34-29-54)78(68-27-21-20-26-63(68)52-24-18-15-19-25-52)60-38-40-67(77)69(49-60)79(58-35-30-55(31-36-58)73(4,5)6)61-44-53(51-22-16-14-17-23-51)45-62(47-61)80(70-50-81-71-41-32-56(46-64(70)71)74(7,8)9)59-37-39-65-66(48-59)76(12,13)43-42-75(65,10)11/h14-41,44-50H,42-43H2,1-13H3/i14D,16D,17D,22D,23D. The molecule has 0 bridgehead atoms. The Kier molecular flexibility index (Phi) is 13.0. The quantitative estimate of drug-likeness (QED) is 0.128. The molecule has 9 aromatic carbocycles. The molecule has 0 N–H and O–H groups in total. The molecule has 1 aliphatic rings. The SMILES string of the molecule is [2H]c1c([2H])c([2H])c(-c2cc(N(c3ccc(C(C)(C)C)cc3)c3cc(N(c4ccc(C(C)(C)C)cc4)c4ccccc4-c4ccccc4)ccc3Br)cc(N(c3ccc4c(c3)C(C)(C)CCC4(C)C)c3csc4ccc(C(C)(C)C)cc34)c2)c([2H])c1[2H]. The Labute approximate surface area is 503 Å². The van der Waals surface area contributed by atoms with E-state index in [-0.39, 0.29) is 56.8 Å². The molecule has 0 saturated carbocycles. The molecule has 0 atom stereocenters. The van der Waals surface area contributed by atoms with Gasteiger partial charge < -0.3 is 14.7 Å². The molecule has 0 fully saturated rings. The van der Waals surface area contributed by atoms with Crippen molar-refractivity contribution >= 4 is 88.5 Å². The number of anilines is 9. The van der Waals surface area contributed by atoms with Gasteiger partial charge in [-0.05, 0) is 191 Å². The fourth-order valence-corrected chi connectivity index (χ4v) is 12.9. The zero-order chi connectivity index (χ0) is 61.6. The van der Waals surface area contributed by atoms with Gasteiger partial charge in [0.15, 0.2) is 0 Å². The van der Waals surface area contributed by atoms with E-state index < -0.39 is 6.04 Å². The first-order chi connectivity index (χ1) is 40.5. The monoisotopic (exact) mass is 1150 g/mol. The second-order valence-electron chi connectivity index (χ2n) is 26.4. The van der Waals surface area contributed by atoms with Crippen LogP contribution < -0.4 is 14.7 Å². The highest BCUT2D eigenvalue weighted by atomic mass is 79.9. The molecule has 0 amide bonds. The van der Waals surface area contributed by atoms with Gasteiger partial charge in [0.2, 0.25) is 0 Å². The highest BCUT2D eigenvalue weighted by Crippen LogP contribution is 2.53. The maximum absolute atomic E-state index is 9.61. The van der Waals surface area contributed by atoms with E-state index in [4.69, 9.17) is 4.11 Å². The third-order valence-corrected chi connectivity index (χ3v) is 18.2. The smallest absolute Gasteiger partial charge is 0.0647 e. The number of fused-ring (bicyclic) bond motifs is 2. The Morgan fingerprint density at radius 2 is 0.926 bits per heavy atom. The number of rotatable bonds is 11. The van der Waals surface area contributed by atoms with Crippen LogP contribution in [0.2, 0.25) is 0 Å². The summed E-state index contributed by atoms with van der Waals surface area (Å²) in [6.45, 7) is 29.6. The van der Waals surface area contributed by atoms with Crippen LogP contribution in [0.3, 0.4) is 0 Å². The number of hydrogen-bond donors (Lipinski definition) is 0. The van der Waals surface area contributed by atoms with Crippen LogP contribution in [0.5, 0.6) is 0 Å². The number of para-hydroxylation sites is 1. The van der Waals surface area contributed by atoms with Gasteiger partial charge in [-0.2, -0.15) is 0 Å². The van der Waals surface area contributed by atoms with Crippen molar-refractivity contribution in [2.45, 2.75) is 130 Å². The van der Waals surface area contributed by atoms with E-state index in [0.29, 0.717) is 5.56 Å². The Bertz CT molecular complexity index is 4170. The Morgan fingerprint density at radius 3 is 1.53 bits per heavy atom. The lowest BCUT2D eigenvalue weighted by atomic mass is 9.63. The molecule has 0 unspecified atom stereocenters. The number of benzene rings is 9. The Morgan fingerprint density at radius 1 is 0.420 bits per heavy atom. The molecule has 410 valence electrons. The van der Waals surface area contributed by atoms with E-state index in [1.165, 1.54) is 27.8 Å². The van der Waals surface area contributed by atoms with E-state index in [2.05, 4.69) is 290 Å². The summed E-state index contributed by atoms with van der Waals surface area (Å²) in [4.78, 5) is 6.95. The lowest BCUT2D eigenvalue weighted by molar-refractivity contribution is 0.332. The van der Waals surface area contributed by atoms with Gasteiger partial charge in [0.25, 0.3) is 0 Å². The molecule has 10 aromatic rings. The first-order valence-corrected chi connectivity index (χ1v) is 30.1. The van der Waals surface area contributed by atoms with Crippen molar-refractivity contribution in [3.8, 4) is 22.3 Å². The number of hydrogen-bond acceptors (Lipinski definition) is 4. The summed E-state index contributed by atoms with van der Waals surface area (Å²) in [7, 11) is 0. The first kappa shape index (κ1) is 49.6. The number of thiophene rings is 1. The first-order valence-electron chi connectivity index (χ1n) is 31.0. The maximum atomic E-state index is 9.61. The average Bonchev–Trinajstić information content (AvgIpc) is 1.12. The molecule has 11 rings (SSSR count). The van der Waals surface area contributed by atoms with Crippen molar-refractivity contribution in [3.63, 3.8) is 0 Å². The summed E-state index contributed by atoms with van der Waals surface area (Å²) in [5, 5.41) is 3.35. The van der Waals surface area contributed by atoms with Crippen LogP contribution in [0.15, 0.2) is 216 Å². The molecule has 1 aliphatic carbocycles. The summed E-state index contributed by atoms with van der Waals surface area (Å²) in [5.74, 6) is 0. The van der Waals surface area contributed by atoms with E-state index in [1.807, 2.05) is 12.1 Å². The molecule has 1 aromatic heterocycles. The average molecular weight is 1150 g/mol. The van der Waals surface area contributed by atoms with E-state index in [9.17, 15) is 2.74 Å². The molecular formula is C76H78BrN3S. The molecule has 0 aliphatic heterocycles. The topological polar surface area (TPSA) is 9.72 Å². The molecule has 1 heterocycles. The van der Waals surface area contributed by atoms with Gasteiger partial charge >= 0.3 is 0 Å². The molecule has 5 heteroatoms. The van der Waals surface area contributed by atoms with Crippen molar-refractivity contribution in [2.75, 3.05) is 14.7 Å². The summed E-state index contributed by atoms with van der Waals surface area (Å²) in [6.07, 6.45) is 2.12. The predicted octanol–water partition coefficient (Wildman–Crippen LogP) is 23.6. The third-order valence-electron chi connectivity index (χ3n) is 16.6. The van der Waals surface area contributed by atoms with Gasteiger partial charge in [0, 0.05) is 59.6 Å². The third kappa shape index (κ3) is 11.2. The van der Waals surface area contributed by atoms with Crippen molar-refractivity contribution in [3.05, 3.63) is 244 Å².